The Morgan fingerprint density at radius 2 is 1.81 bits per heavy atom. The molecule has 5 heteroatoms. The zero-order chi connectivity index (χ0) is 18.5. The molecule has 5 nitrogen and oxygen atoms in total. The molecule has 0 aliphatic rings. The lowest BCUT2D eigenvalue weighted by atomic mass is 10.0. The van der Waals surface area contributed by atoms with Gasteiger partial charge in [0.2, 0.25) is 5.91 Å². The second-order valence-electron chi connectivity index (χ2n) is 6.42. The van der Waals surface area contributed by atoms with Gasteiger partial charge >= 0.3 is 0 Å². The van der Waals surface area contributed by atoms with Gasteiger partial charge in [-0.15, -0.1) is 0 Å². The third-order valence-electron chi connectivity index (χ3n) is 4.57. The van der Waals surface area contributed by atoms with Gasteiger partial charge < -0.3 is 9.88 Å². The Balaban J connectivity index is 1.62. The lowest BCUT2D eigenvalue weighted by Crippen LogP contribution is -2.31. The van der Waals surface area contributed by atoms with Crippen molar-refractivity contribution in [2.75, 3.05) is 6.54 Å². The van der Waals surface area contributed by atoms with Crippen LogP contribution in [0.4, 0.5) is 0 Å². The van der Waals surface area contributed by atoms with Gasteiger partial charge in [-0.3, -0.25) is 9.59 Å². The van der Waals surface area contributed by atoms with E-state index < -0.39 is 0 Å². The minimum atomic E-state index is -0.192. The largest absolute Gasteiger partial charge is 0.356 e. The molecule has 0 aliphatic heterocycles. The molecular formula is C21H23N3O2. The number of carbonyl (C=O) groups excluding carboxylic acids is 1. The molecule has 0 saturated heterocycles. The minimum absolute atomic E-state index is 0.000635. The number of rotatable bonds is 6. The Labute approximate surface area is 152 Å². The van der Waals surface area contributed by atoms with E-state index in [2.05, 4.69) is 10.3 Å². The van der Waals surface area contributed by atoms with Crippen molar-refractivity contribution < 1.29 is 4.79 Å². The minimum Gasteiger partial charge on any atom is -0.356 e. The zero-order valence-corrected chi connectivity index (χ0v) is 15.1. The van der Waals surface area contributed by atoms with Crippen molar-refractivity contribution in [3.8, 4) is 0 Å². The molecular weight excluding hydrogens is 326 g/mol. The first kappa shape index (κ1) is 17.9. The number of fused-ring (bicyclic) bond motifs is 1. The summed E-state index contributed by atoms with van der Waals surface area (Å²) in [7, 11) is 0. The number of hydrogen-bond acceptors (Lipinski definition) is 3. The molecule has 26 heavy (non-hydrogen) atoms. The number of aryl methyl sites for hydroxylation is 2. The van der Waals surface area contributed by atoms with Crippen LogP contribution in [-0.2, 0) is 11.3 Å². The van der Waals surface area contributed by atoms with Crippen LogP contribution in [0.5, 0.6) is 0 Å². The molecule has 3 aromatic rings. The molecule has 1 N–H and O–H groups in total. The maximum atomic E-state index is 12.4. The summed E-state index contributed by atoms with van der Waals surface area (Å²) in [5.41, 5.74) is 3.05. The fraction of sp³-hybridized carbons (Fsp3) is 0.286. The van der Waals surface area contributed by atoms with Crippen LogP contribution in [0, 0.1) is 6.92 Å². The van der Waals surface area contributed by atoms with Crippen LogP contribution in [0.2, 0.25) is 0 Å². The highest BCUT2D eigenvalue weighted by molar-refractivity contribution is 5.83. The monoisotopic (exact) mass is 349 g/mol. The Morgan fingerprint density at radius 3 is 2.58 bits per heavy atom. The van der Waals surface area contributed by atoms with E-state index in [0.717, 1.165) is 16.6 Å². The summed E-state index contributed by atoms with van der Waals surface area (Å²) in [5, 5.41) is 2.96. The normalized spacial score (nSPS) is 12.1. The number of para-hydroxylation sites is 2. The van der Waals surface area contributed by atoms with Crippen molar-refractivity contribution in [2.24, 2.45) is 0 Å². The first-order valence-corrected chi connectivity index (χ1v) is 8.87. The molecule has 1 aromatic heterocycles. The van der Waals surface area contributed by atoms with Crippen LogP contribution < -0.4 is 10.9 Å². The zero-order valence-electron chi connectivity index (χ0n) is 15.1. The molecule has 1 amide bonds. The molecule has 3 rings (SSSR count). The topological polar surface area (TPSA) is 64.0 Å². The number of nitrogens with zero attached hydrogens (tertiary/aromatic N) is 2. The molecule has 1 atom stereocenters. The highest BCUT2D eigenvalue weighted by Gasteiger charge is 2.14. The molecule has 1 heterocycles. The summed E-state index contributed by atoms with van der Waals surface area (Å²) >= 11 is 0. The molecule has 0 aliphatic carbocycles. The van der Waals surface area contributed by atoms with Gasteiger partial charge in [0.15, 0.2) is 0 Å². The van der Waals surface area contributed by atoms with Crippen LogP contribution in [-0.4, -0.2) is 22.0 Å². The predicted octanol–water partition coefficient (Wildman–Crippen LogP) is 3.01. The summed E-state index contributed by atoms with van der Waals surface area (Å²) in [6.45, 7) is 4.70. The van der Waals surface area contributed by atoms with E-state index in [9.17, 15) is 9.59 Å². The molecule has 0 spiro atoms. The highest BCUT2D eigenvalue weighted by atomic mass is 16.2. The Morgan fingerprint density at radius 1 is 1.12 bits per heavy atom. The molecule has 0 unspecified atom stereocenters. The van der Waals surface area contributed by atoms with Gasteiger partial charge in [0.05, 0.1) is 17.0 Å². The fourth-order valence-corrected chi connectivity index (χ4v) is 3.04. The molecule has 0 saturated carbocycles. The van der Waals surface area contributed by atoms with Crippen LogP contribution in [0.25, 0.3) is 11.0 Å². The molecule has 2 aromatic carbocycles. The SMILES string of the molecule is Cc1nc2ccccc2n(CCCNC(=O)[C@@H](C)c2ccccc2)c1=O. The molecule has 0 radical (unpaired) electrons. The van der Waals surface area contributed by atoms with Gasteiger partial charge in [-0.1, -0.05) is 42.5 Å². The first-order valence-electron chi connectivity index (χ1n) is 8.87. The maximum absolute atomic E-state index is 12.4. The third-order valence-corrected chi connectivity index (χ3v) is 4.57. The van der Waals surface area contributed by atoms with E-state index >= 15 is 0 Å². The Kier molecular flexibility index (Phi) is 5.46. The highest BCUT2D eigenvalue weighted by Crippen LogP contribution is 2.14. The van der Waals surface area contributed by atoms with Crippen LogP contribution in [0.1, 0.15) is 30.5 Å². The summed E-state index contributed by atoms with van der Waals surface area (Å²) in [5.74, 6) is -0.192. The second-order valence-corrected chi connectivity index (χ2v) is 6.42. The smallest absolute Gasteiger partial charge is 0.272 e. The maximum Gasteiger partial charge on any atom is 0.272 e. The van der Waals surface area contributed by atoms with Crippen molar-refractivity contribution in [2.45, 2.75) is 32.7 Å². The van der Waals surface area contributed by atoms with Crippen molar-refractivity contribution >= 4 is 16.9 Å². The van der Waals surface area contributed by atoms with Gasteiger partial charge in [0, 0.05) is 13.1 Å². The number of nitrogens with one attached hydrogen (secondary N) is 1. The second kappa shape index (κ2) is 7.95. The van der Waals surface area contributed by atoms with Crippen molar-refractivity contribution in [1.29, 1.82) is 0 Å². The quantitative estimate of drug-likeness (QED) is 0.696. The Bertz CT molecular complexity index is 964. The average molecular weight is 349 g/mol. The van der Waals surface area contributed by atoms with Gasteiger partial charge in [0.1, 0.15) is 5.69 Å². The van der Waals surface area contributed by atoms with Crippen molar-refractivity contribution in [3.05, 3.63) is 76.2 Å². The Hall–Kier alpha value is -2.95. The number of amides is 1. The lowest BCUT2D eigenvalue weighted by Gasteiger charge is -2.14. The average Bonchev–Trinajstić information content (AvgIpc) is 2.67. The van der Waals surface area contributed by atoms with E-state index in [1.807, 2.05) is 61.5 Å². The number of hydrogen-bond donors (Lipinski definition) is 1. The van der Waals surface area contributed by atoms with Crippen LogP contribution in [0.15, 0.2) is 59.4 Å². The van der Waals surface area contributed by atoms with E-state index in [-0.39, 0.29) is 17.4 Å². The number of carbonyl (C=O) groups is 1. The van der Waals surface area contributed by atoms with Crippen LogP contribution in [0.3, 0.4) is 0 Å². The van der Waals surface area contributed by atoms with E-state index in [1.165, 1.54) is 0 Å². The lowest BCUT2D eigenvalue weighted by molar-refractivity contribution is -0.122. The first-order chi connectivity index (χ1) is 12.6. The molecule has 0 bridgehead atoms. The number of benzene rings is 2. The molecule has 134 valence electrons. The standard InChI is InChI=1S/C21H23N3O2/c1-15(17-9-4-3-5-10-17)20(25)22-13-8-14-24-19-12-7-6-11-18(19)23-16(2)21(24)26/h3-7,9-12,15H,8,13-14H2,1-2H3,(H,22,25)/t15-/m0/s1. The van der Waals surface area contributed by atoms with Gasteiger partial charge in [-0.25, -0.2) is 4.98 Å². The van der Waals surface area contributed by atoms with Crippen molar-refractivity contribution in [1.82, 2.24) is 14.9 Å². The van der Waals surface area contributed by atoms with E-state index in [0.29, 0.717) is 25.2 Å². The summed E-state index contributed by atoms with van der Waals surface area (Å²) < 4.78 is 1.74. The third kappa shape index (κ3) is 3.82. The number of aromatic nitrogens is 2. The summed E-state index contributed by atoms with van der Waals surface area (Å²) in [6.07, 6.45) is 0.681. The fourth-order valence-electron chi connectivity index (χ4n) is 3.04. The van der Waals surface area contributed by atoms with E-state index in [1.54, 1.807) is 11.5 Å². The van der Waals surface area contributed by atoms with Gasteiger partial charge in [-0.05, 0) is 38.0 Å². The van der Waals surface area contributed by atoms with Gasteiger partial charge in [-0.2, -0.15) is 0 Å². The predicted molar refractivity (Wildman–Crippen MR) is 103 cm³/mol. The van der Waals surface area contributed by atoms with Crippen molar-refractivity contribution in [3.63, 3.8) is 0 Å². The summed E-state index contributed by atoms with van der Waals surface area (Å²) in [4.78, 5) is 29.1. The van der Waals surface area contributed by atoms with Gasteiger partial charge in [0.25, 0.3) is 5.56 Å². The van der Waals surface area contributed by atoms with E-state index in [4.69, 9.17) is 0 Å². The van der Waals surface area contributed by atoms with Crippen LogP contribution >= 0.6 is 0 Å². The summed E-state index contributed by atoms with van der Waals surface area (Å²) in [6, 6.07) is 17.3. The molecule has 0 fully saturated rings.